The molecule has 1 N–H and O–H groups in total. The second-order valence-electron chi connectivity index (χ2n) is 4.40. The highest BCUT2D eigenvalue weighted by Crippen LogP contribution is 2.23. The van der Waals surface area contributed by atoms with E-state index in [0.717, 1.165) is 18.4 Å². The van der Waals surface area contributed by atoms with Gasteiger partial charge in [-0.05, 0) is 36.2 Å². The summed E-state index contributed by atoms with van der Waals surface area (Å²) in [5.74, 6) is 0. The second kappa shape index (κ2) is 7.49. The molecule has 0 aliphatic rings. The SMILES string of the molecule is N=CCCC(OCc1ccccc1)c1cc[c]cc1. The first kappa shape index (κ1) is 13.5. The lowest BCUT2D eigenvalue weighted by atomic mass is 10.1. The molecule has 2 nitrogen and oxygen atoms in total. The molecule has 0 fully saturated rings. The first-order valence-electron chi connectivity index (χ1n) is 6.50. The highest BCUT2D eigenvalue weighted by atomic mass is 16.5. The molecule has 0 heterocycles. The standard InChI is InChI=1S/C17H18NO/c18-13-7-12-17(16-10-5-2-6-11-16)19-14-15-8-3-1-4-9-15/h1,3-6,8-11,13,17-18H,7,12,14H2. The van der Waals surface area contributed by atoms with Crippen LogP contribution in [0.5, 0.6) is 0 Å². The smallest absolute Gasteiger partial charge is 0.0833 e. The zero-order valence-electron chi connectivity index (χ0n) is 10.9. The van der Waals surface area contributed by atoms with Crippen LogP contribution in [0.15, 0.2) is 54.6 Å². The van der Waals surface area contributed by atoms with Crippen LogP contribution >= 0.6 is 0 Å². The van der Waals surface area contributed by atoms with Crippen LogP contribution < -0.4 is 0 Å². The summed E-state index contributed by atoms with van der Waals surface area (Å²) in [5.41, 5.74) is 2.32. The van der Waals surface area contributed by atoms with Crippen molar-refractivity contribution in [2.24, 2.45) is 0 Å². The van der Waals surface area contributed by atoms with Crippen molar-refractivity contribution in [3.05, 3.63) is 71.8 Å². The second-order valence-corrected chi connectivity index (χ2v) is 4.40. The van der Waals surface area contributed by atoms with E-state index in [1.807, 2.05) is 42.5 Å². The van der Waals surface area contributed by atoms with E-state index >= 15 is 0 Å². The molecule has 0 aliphatic carbocycles. The summed E-state index contributed by atoms with van der Waals surface area (Å²) in [6.07, 6.45) is 3.04. The van der Waals surface area contributed by atoms with E-state index in [0.29, 0.717) is 6.61 Å². The number of nitrogens with one attached hydrogen (secondary N) is 1. The van der Waals surface area contributed by atoms with Crippen LogP contribution in [0.1, 0.15) is 30.1 Å². The van der Waals surface area contributed by atoms with Gasteiger partial charge in [-0.15, -0.1) is 0 Å². The van der Waals surface area contributed by atoms with Crippen LogP contribution in [-0.4, -0.2) is 6.21 Å². The number of benzene rings is 2. The lowest BCUT2D eigenvalue weighted by Gasteiger charge is -2.17. The van der Waals surface area contributed by atoms with Gasteiger partial charge in [0.05, 0.1) is 12.7 Å². The van der Waals surface area contributed by atoms with Crippen LogP contribution in [0, 0.1) is 11.5 Å². The average Bonchev–Trinajstić information content (AvgIpc) is 2.49. The van der Waals surface area contributed by atoms with E-state index < -0.39 is 0 Å². The highest BCUT2D eigenvalue weighted by Gasteiger charge is 2.11. The number of hydrogen-bond donors (Lipinski definition) is 1. The van der Waals surface area contributed by atoms with Crippen molar-refractivity contribution in [3.63, 3.8) is 0 Å². The van der Waals surface area contributed by atoms with Gasteiger partial charge in [0.15, 0.2) is 0 Å². The molecule has 2 aromatic rings. The maximum Gasteiger partial charge on any atom is 0.0833 e. The Bertz CT molecular complexity index is 481. The van der Waals surface area contributed by atoms with Gasteiger partial charge in [0.2, 0.25) is 0 Å². The fourth-order valence-corrected chi connectivity index (χ4v) is 1.97. The molecule has 0 spiro atoms. The van der Waals surface area contributed by atoms with Crippen molar-refractivity contribution in [1.82, 2.24) is 0 Å². The third kappa shape index (κ3) is 4.34. The monoisotopic (exact) mass is 252 g/mol. The lowest BCUT2D eigenvalue weighted by Crippen LogP contribution is -2.05. The molecule has 1 radical (unpaired) electrons. The van der Waals surface area contributed by atoms with E-state index in [9.17, 15) is 0 Å². The summed E-state index contributed by atoms with van der Waals surface area (Å²) in [4.78, 5) is 0. The van der Waals surface area contributed by atoms with Crippen molar-refractivity contribution in [2.75, 3.05) is 0 Å². The predicted octanol–water partition coefficient (Wildman–Crippen LogP) is 4.17. The Morgan fingerprint density at radius 3 is 2.53 bits per heavy atom. The van der Waals surface area contributed by atoms with Crippen LogP contribution in [0.3, 0.4) is 0 Å². The van der Waals surface area contributed by atoms with Gasteiger partial charge in [-0.3, -0.25) is 0 Å². The lowest BCUT2D eigenvalue weighted by molar-refractivity contribution is 0.0354. The molecule has 0 saturated heterocycles. The van der Waals surface area contributed by atoms with Crippen LogP contribution in [0.2, 0.25) is 0 Å². The van der Waals surface area contributed by atoms with E-state index in [1.165, 1.54) is 11.8 Å². The third-order valence-corrected chi connectivity index (χ3v) is 2.98. The molecule has 0 amide bonds. The van der Waals surface area contributed by atoms with Gasteiger partial charge in [-0.1, -0.05) is 54.6 Å². The van der Waals surface area contributed by atoms with Gasteiger partial charge in [0, 0.05) is 0 Å². The Labute approximate surface area is 114 Å². The molecular formula is C17H18NO. The highest BCUT2D eigenvalue weighted by molar-refractivity contribution is 5.52. The summed E-state index contributed by atoms with van der Waals surface area (Å²) in [7, 11) is 0. The maximum atomic E-state index is 7.17. The topological polar surface area (TPSA) is 33.1 Å². The molecule has 1 unspecified atom stereocenters. The summed E-state index contributed by atoms with van der Waals surface area (Å²) in [6.45, 7) is 0.599. The van der Waals surface area contributed by atoms with Crippen molar-refractivity contribution >= 4 is 6.21 Å². The largest absolute Gasteiger partial charge is 0.369 e. The minimum atomic E-state index is 0.0383. The minimum Gasteiger partial charge on any atom is -0.369 e. The minimum absolute atomic E-state index is 0.0383. The van der Waals surface area contributed by atoms with Gasteiger partial charge in [0.25, 0.3) is 0 Å². The molecule has 2 heteroatoms. The number of ether oxygens (including phenoxy) is 1. The molecule has 97 valence electrons. The van der Waals surface area contributed by atoms with Crippen molar-refractivity contribution in [3.8, 4) is 0 Å². The third-order valence-electron chi connectivity index (χ3n) is 2.98. The van der Waals surface area contributed by atoms with Gasteiger partial charge in [-0.2, -0.15) is 0 Å². The van der Waals surface area contributed by atoms with Gasteiger partial charge >= 0.3 is 0 Å². The van der Waals surface area contributed by atoms with Crippen LogP contribution in [-0.2, 0) is 11.3 Å². The first-order chi connectivity index (χ1) is 9.40. The summed E-state index contributed by atoms with van der Waals surface area (Å²) >= 11 is 0. The normalized spacial score (nSPS) is 12.0. The Balaban J connectivity index is 2.00. The van der Waals surface area contributed by atoms with Crippen LogP contribution in [0.4, 0.5) is 0 Å². The zero-order valence-corrected chi connectivity index (χ0v) is 10.9. The molecule has 2 rings (SSSR count). The quantitative estimate of drug-likeness (QED) is 0.737. The summed E-state index contributed by atoms with van der Waals surface area (Å²) < 4.78 is 6.00. The van der Waals surface area contributed by atoms with E-state index in [1.54, 1.807) is 0 Å². The van der Waals surface area contributed by atoms with E-state index in [2.05, 4.69) is 18.2 Å². The Kier molecular flexibility index (Phi) is 5.32. The molecular weight excluding hydrogens is 234 g/mol. The van der Waals surface area contributed by atoms with Gasteiger partial charge < -0.3 is 10.1 Å². The van der Waals surface area contributed by atoms with Gasteiger partial charge in [0.1, 0.15) is 0 Å². The van der Waals surface area contributed by atoms with Crippen molar-refractivity contribution < 1.29 is 4.74 Å². The first-order valence-corrected chi connectivity index (χ1v) is 6.50. The summed E-state index contributed by atoms with van der Waals surface area (Å²) in [6, 6.07) is 21.0. The van der Waals surface area contributed by atoms with E-state index in [4.69, 9.17) is 10.1 Å². The van der Waals surface area contributed by atoms with Crippen molar-refractivity contribution in [1.29, 1.82) is 5.41 Å². The fraction of sp³-hybridized carbons (Fsp3) is 0.235. The molecule has 1 atom stereocenters. The molecule has 0 aliphatic heterocycles. The zero-order chi connectivity index (χ0) is 13.3. The molecule has 2 aromatic carbocycles. The molecule has 19 heavy (non-hydrogen) atoms. The maximum absolute atomic E-state index is 7.17. The Hall–Kier alpha value is -1.93. The van der Waals surface area contributed by atoms with Gasteiger partial charge in [-0.25, -0.2) is 0 Å². The number of hydrogen-bond acceptors (Lipinski definition) is 2. The van der Waals surface area contributed by atoms with E-state index in [-0.39, 0.29) is 6.10 Å². The Morgan fingerprint density at radius 2 is 1.84 bits per heavy atom. The Morgan fingerprint density at radius 1 is 1.11 bits per heavy atom. The predicted molar refractivity (Wildman–Crippen MR) is 77.3 cm³/mol. The molecule has 0 bridgehead atoms. The molecule has 0 saturated carbocycles. The summed E-state index contributed by atoms with van der Waals surface area (Å²) in [5, 5.41) is 7.17. The fourth-order valence-electron chi connectivity index (χ4n) is 1.97. The number of rotatable bonds is 7. The van der Waals surface area contributed by atoms with Crippen LogP contribution in [0.25, 0.3) is 0 Å². The van der Waals surface area contributed by atoms with Crippen molar-refractivity contribution in [2.45, 2.75) is 25.6 Å². The molecule has 0 aromatic heterocycles. The average molecular weight is 252 g/mol.